The molecule has 0 radical (unpaired) electrons. The summed E-state index contributed by atoms with van der Waals surface area (Å²) in [6, 6.07) is 8.04. The number of nitrogens with two attached hydrogens (primary N) is 1. The number of rotatable bonds is 4. The van der Waals surface area contributed by atoms with Crippen molar-refractivity contribution in [3.63, 3.8) is 0 Å². The molecule has 2 aromatic rings. The van der Waals surface area contributed by atoms with E-state index in [1.54, 1.807) is 0 Å². The molecule has 0 amide bonds. The summed E-state index contributed by atoms with van der Waals surface area (Å²) in [7, 11) is 0. The van der Waals surface area contributed by atoms with Crippen molar-refractivity contribution in [1.82, 2.24) is 9.36 Å². The molecular formula is C12H16N4S. The van der Waals surface area contributed by atoms with Gasteiger partial charge in [-0.3, -0.25) is 0 Å². The maximum absolute atomic E-state index is 5.76. The van der Waals surface area contributed by atoms with E-state index in [2.05, 4.69) is 27.7 Å². The lowest BCUT2D eigenvalue weighted by Crippen LogP contribution is -2.06. The minimum absolute atomic E-state index is 0.177. The molecule has 1 unspecified atom stereocenters. The van der Waals surface area contributed by atoms with Crippen molar-refractivity contribution in [1.29, 1.82) is 0 Å². The fourth-order valence-electron chi connectivity index (χ4n) is 1.55. The fourth-order valence-corrected chi connectivity index (χ4v) is 2.29. The molecular weight excluding hydrogens is 232 g/mol. The Hall–Kier alpha value is -1.62. The van der Waals surface area contributed by atoms with E-state index in [0.29, 0.717) is 0 Å². The summed E-state index contributed by atoms with van der Waals surface area (Å²) in [5, 5.41) is 4.19. The molecule has 0 saturated heterocycles. The van der Waals surface area contributed by atoms with Crippen LogP contribution in [0.4, 0.5) is 10.8 Å². The van der Waals surface area contributed by atoms with Crippen LogP contribution in [0.5, 0.6) is 0 Å². The van der Waals surface area contributed by atoms with Crippen molar-refractivity contribution in [3.8, 4) is 0 Å². The highest BCUT2D eigenvalue weighted by atomic mass is 32.1. The highest BCUT2D eigenvalue weighted by molar-refractivity contribution is 7.09. The Morgan fingerprint density at radius 1 is 1.47 bits per heavy atom. The molecule has 1 aromatic heterocycles. The van der Waals surface area contributed by atoms with E-state index >= 15 is 0 Å². The molecule has 1 atom stereocenters. The van der Waals surface area contributed by atoms with E-state index in [-0.39, 0.29) is 6.04 Å². The van der Waals surface area contributed by atoms with Gasteiger partial charge >= 0.3 is 0 Å². The number of nitrogens with zero attached hydrogens (tertiary/aromatic N) is 2. The van der Waals surface area contributed by atoms with Crippen LogP contribution >= 0.6 is 11.5 Å². The minimum atomic E-state index is 0.177. The summed E-state index contributed by atoms with van der Waals surface area (Å²) in [5.41, 5.74) is 7.69. The van der Waals surface area contributed by atoms with Crippen molar-refractivity contribution < 1.29 is 0 Å². The van der Waals surface area contributed by atoms with Gasteiger partial charge in [0.1, 0.15) is 5.82 Å². The number of benzene rings is 1. The smallest absolute Gasteiger partial charge is 0.203 e. The van der Waals surface area contributed by atoms with Gasteiger partial charge in [0.05, 0.1) is 6.04 Å². The molecule has 0 spiro atoms. The molecule has 0 bridgehead atoms. The lowest BCUT2D eigenvalue weighted by Gasteiger charge is -2.13. The zero-order valence-corrected chi connectivity index (χ0v) is 10.8. The second kappa shape index (κ2) is 5.14. The Morgan fingerprint density at radius 2 is 2.29 bits per heavy atom. The minimum Gasteiger partial charge on any atom is -0.399 e. The first-order valence-electron chi connectivity index (χ1n) is 5.63. The predicted molar refractivity (Wildman–Crippen MR) is 72.2 cm³/mol. The Kier molecular flexibility index (Phi) is 3.58. The van der Waals surface area contributed by atoms with Crippen LogP contribution in [0.3, 0.4) is 0 Å². The number of hydrogen-bond donors (Lipinski definition) is 2. The third kappa shape index (κ3) is 2.94. The number of hydrogen-bond acceptors (Lipinski definition) is 5. The van der Waals surface area contributed by atoms with Crippen LogP contribution in [0.15, 0.2) is 24.3 Å². The molecule has 90 valence electrons. The molecule has 4 nitrogen and oxygen atoms in total. The van der Waals surface area contributed by atoms with E-state index in [4.69, 9.17) is 5.73 Å². The Labute approximate surface area is 105 Å². The van der Waals surface area contributed by atoms with Crippen LogP contribution in [-0.2, 0) is 6.42 Å². The first-order valence-corrected chi connectivity index (χ1v) is 6.41. The van der Waals surface area contributed by atoms with Gasteiger partial charge in [-0.2, -0.15) is 4.37 Å². The number of aromatic nitrogens is 2. The average molecular weight is 248 g/mol. The zero-order valence-electron chi connectivity index (χ0n) is 9.97. The van der Waals surface area contributed by atoms with Gasteiger partial charge in [-0.05, 0) is 24.6 Å². The molecule has 17 heavy (non-hydrogen) atoms. The van der Waals surface area contributed by atoms with Crippen LogP contribution in [0.25, 0.3) is 0 Å². The quantitative estimate of drug-likeness (QED) is 0.817. The molecule has 0 saturated carbocycles. The molecule has 1 aromatic carbocycles. The monoisotopic (exact) mass is 248 g/mol. The zero-order chi connectivity index (χ0) is 12.3. The van der Waals surface area contributed by atoms with E-state index in [0.717, 1.165) is 28.6 Å². The van der Waals surface area contributed by atoms with Crippen molar-refractivity contribution in [2.45, 2.75) is 26.3 Å². The highest BCUT2D eigenvalue weighted by Gasteiger charge is 2.08. The van der Waals surface area contributed by atoms with Gasteiger partial charge in [0.15, 0.2) is 0 Å². The second-order valence-corrected chi connectivity index (χ2v) is 4.66. The van der Waals surface area contributed by atoms with Crippen molar-refractivity contribution in [2.75, 3.05) is 11.1 Å². The topological polar surface area (TPSA) is 63.8 Å². The number of aryl methyl sites for hydroxylation is 1. The summed E-state index contributed by atoms with van der Waals surface area (Å²) in [6.07, 6.45) is 0.866. The molecule has 1 heterocycles. The van der Waals surface area contributed by atoms with Crippen LogP contribution in [0, 0.1) is 0 Å². The van der Waals surface area contributed by atoms with E-state index in [1.165, 1.54) is 11.5 Å². The third-order valence-electron chi connectivity index (χ3n) is 2.53. The second-order valence-electron chi connectivity index (χ2n) is 3.91. The van der Waals surface area contributed by atoms with Crippen LogP contribution in [-0.4, -0.2) is 9.36 Å². The van der Waals surface area contributed by atoms with Crippen LogP contribution < -0.4 is 11.1 Å². The van der Waals surface area contributed by atoms with Gasteiger partial charge in [-0.1, -0.05) is 19.1 Å². The van der Waals surface area contributed by atoms with Crippen molar-refractivity contribution in [3.05, 3.63) is 35.7 Å². The first kappa shape index (κ1) is 11.9. The standard InChI is InChI=1S/C12H16N4S/c1-3-11-15-12(17-16-11)14-8(2)9-5-4-6-10(13)7-9/h4-8H,3,13H2,1-2H3,(H,14,15,16). The fraction of sp³-hybridized carbons (Fsp3) is 0.333. The predicted octanol–water partition coefficient (Wildman–Crippen LogP) is 2.86. The molecule has 0 fully saturated rings. The number of nitrogens with one attached hydrogen (secondary N) is 1. The van der Waals surface area contributed by atoms with E-state index in [9.17, 15) is 0 Å². The molecule has 0 aliphatic carbocycles. The van der Waals surface area contributed by atoms with Gasteiger partial charge in [0, 0.05) is 23.6 Å². The van der Waals surface area contributed by atoms with Crippen LogP contribution in [0.2, 0.25) is 0 Å². The average Bonchev–Trinajstić information content (AvgIpc) is 2.77. The van der Waals surface area contributed by atoms with Crippen molar-refractivity contribution in [2.24, 2.45) is 0 Å². The lowest BCUT2D eigenvalue weighted by atomic mass is 10.1. The summed E-state index contributed by atoms with van der Waals surface area (Å²) < 4.78 is 4.24. The molecule has 2 rings (SSSR count). The Bertz CT molecular complexity index is 495. The third-order valence-corrected chi connectivity index (χ3v) is 3.22. The molecule has 5 heteroatoms. The van der Waals surface area contributed by atoms with Gasteiger partial charge in [-0.25, -0.2) is 4.98 Å². The lowest BCUT2D eigenvalue weighted by molar-refractivity contribution is 0.877. The Morgan fingerprint density at radius 3 is 2.94 bits per heavy atom. The van der Waals surface area contributed by atoms with E-state index in [1.807, 2.05) is 25.1 Å². The summed E-state index contributed by atoms with van der Waals surface area (Å²) in [5.74, 6) is 0.886. The van der Waals surface area contributed by atoms with Gasteiger partial charge in [0.25, 0.3) is 0 Å². The van der Waals surface area contributed by atoms with Crippen LogP contribution in [0.1, 0.15) is 31.3 Å². The maximum atomic E-state index is 5.76. The SMILES string of the molecule is CCc1nsc(NC(C)c2cccc(N)c2)n1. The summed E-state index contributed by atoms with van der Waals surface area (Å²) in [4.78, 5) is 4.38. The van der Waals surface area contributed by atoms with Gasteiger partial charge < -0.3 is 11.1 Å². The first-order chi connectivity index (χ1) is 8.19. The molecule has 3 N–H and O–H groups in total. The number of anilines is 2. The molecule has 0 aliphatic rings. The van der Waals surface area contributed by atoms with Gasteiger partial charge in [-0.15, -0.1) is 0 Å². The largest absolute Gasteiger partial charge is 0.399 e. The molecule has 0 aliphatic heterocycles. The van der Waals surface area contributed by atoms with Crippen molar-refractivity contribution >= 4 is 22.4 Å². The number of nitrogen functional groups attached to an aromatic ring is 1. The summed E-state index contributed by atoms with van der Waals surface area (Å²) >= 11 is 1.40. The summed E-state index contributed by atoms with van der Waals surface area (Å²) in [6.45, 7) is 4.13. The Balaban J connectivity index is 2.08. The maximum Gasteiger partial charge on any atom is 0.203 e. The normalized spacial score (nSPS) is 12.4. The van der Waals surface area contributed by atoms with Gasteiger partial charge in [0.2, 0.25) is 5.13 Å². The van der Waals surface area contributed by atoms with E-state index < -0.39 is 0 Å². The highest BCUT2D eigenvalue weighted by Crippen LogP contribution is 2.21.